The molecule has 0 aromatic heterocycles. The van der Waals surface area contributed by atoms with Gasteiger partial charge < -0.3 is 19.9 Å². The Bertz CT molecular complexity index is 725. The highest BCUT2D eigenvalue weighted by Crippen LogP contribution is 2.19. The van der Waals surface area contributed by atoms with Crippen LogP contribution in [0.3, 0.4) is 0 Å². The van der Waals surface area contributed by atoms with Crippen LogP contribution in [0.4, 0.5) is 5.69 Å². The van der Waals surface area contributed by atoms with Crippen LogP contribution >= 0.6 is 0 Å². The molecule has 1 atom stereocenters. The number of methoxy groups -OCH3 is 1. The average Bonchev–Trinajstić information content (AvgIpc) is 2.63. The van der Waals surface area contributed by atoms with Gasteiger partial charge in [-0.1, -0.05) is 12.1 Å². The third kappa shape index (κ3) is 5.81. The Morgan fingerprint density at radius 3 is 2.19 bits per heavy atom. The highest BCUT2D eigenvalue weighted by atomic mass is 16.5. The lowest BCUT2D eigenvalue weighted by molar-refractivity contribution is -0.143. The van der Waals surface area contributed by atoms with Crippen LogP contribution in [0, 0.1) is 5.92 Å². The zero-order valence-electron chi connectivity index (χ0n) is 14.9. The second-order valence-corrected chi connectivity index (χ2v) is 5.80. The van der Waals surface area contributed by atoms with Crippen molar-refractivity contribution in [2.24, 2.45) is 5.92 Å². The predicted molar refractivity (Wildman–Crippen MR) is 98.7 cm³/mol. The number of amides is 1. The number of benzene rings is 2. The Morgan fingerprint density at radius 1 is 1.04 bits per heavy atom. The zero-order valence-corrected chi connectivity index (χ0v) is 14.9. The Kier molecular flexibility index (Phi) is 7.02. The molecule has 0 radical (unpaired) electrons. The summed E-state index contributed by atoms with van der Waals surface area (Å²) in [6.45, 7) is 2.46. The molecule has 1 amide bonds. The number of hydrogen-bond acceptors (Lipinski definition) is 4. The lowest BCUT2D eigenvalue weighted by Gasteiger charge is -2.13. The van der Waals surface area contributed by atoms with Crippen LogP contribution in [0.2, 0.25) is 0 Å². The van der Waals surface area contributed by atoms with E-state index in [-0.39, 0.29) is 18.7 Å². The van der Waals surface area contributed by atoms with Crippen LogP contribution in [0.25, 0.3) is 0 Å². The molecule has 0 aliphatic heterocycles. The molecule has 0 saturated carbocycles. The smallest absolute Gasteiger partial charge is 0.307 e. The van der Waals surface area contributed by atoms with E-state index in [1.807, 2.05) is 6.92 Å². The van der Waals surface area contributed by atoms with Gasteiger partial charge in [0.25, 0.3) is 0 Å². The molecular formula is C20H23NO5. The number of carboxylic acids is 1. The molecule has 2 rings (SSSR count). The first-order valence-electron chi connectivity index (χ1n) is 8.40. The largest absolute Gasteiger partial charge is 0.497 e. The van der Waals surface area contributed by atoms with Crippen LogP contribution in [-0.4, -0.2) is 30.7 Å². The van der Waals surface area contributed by atoms with Crippen molar-refractivity contribution in [1.29, 1.82) is 0 Å². The van der Waals surface area contributed by atoms with E-state index in [1.54, 1.807) is 55.6 Å². The quantitative estimate of drug-likeness (QED) is 0.719. The van der Waals surface area contributed by atoms with Crippen molar-refractivity contribution >= 4 is 17.6 Å². The van der Waals surface area contributed by atoms with Gasteiger partial charge in [0.05, 0.1) is 19.6 Å². The van der Waals surface area contributed by atoms with E-state index in [9.17, 15) is 14.7 Å². The van der Waals surface area contributed by atoms with Crippen molar-refractivity contribution in [3.63, 3.8) is 0 Å². The molecule has 0 heterocycles. The second kappa shape index (κ2) is 9.46. The number of carbonyl (C=O) groups is 2. The van der Waals surface area contributed by atoms with Crippen molar-refractivity contribution in [3.05, 3.63) is 54.1 Å². The topological polar surface area (TPSA) is 84.9 Å². The van der Waals surface area contributed by atoms with Crippen molar-refractivity contribution in [2.75, 3.05) is 19.0 Å². The minimum absolute atomic E-state index is 0.103. The van der Waals surface area contributed by atoms with Crippen LogP contribution in [0.5, 0.6) is 11.5 Å². The molecule has 0 unspecified atom stereocenters. The fraction of sp³-hybridized carbons (Fsp3) is 0.300. The molecule has 0 aliphatic carbocycles. The molecule has 0 aliphatic rings. The van der Waals surface area contributed by atoms with Gasteiger partial charge in [-0.15, -0.1) is 0 Å². The number of nitrogens with one attached hydrogen (secondary N) is 1. The summed E-state index contributed by atoms with van der Waals surface area (Å²) in [7, 11) is 1.57. The summed E-state index contributed by atoms with van der Waals surface area (Å²) in [5.74, 6) is -0.717. The SMILES string of the molecule is CCOc1ccc(NC(=O)C[C@@H](Cc2ccc(OC)cc2)C(=O)O)cc1. The first kappa shape index (κ1) is 19.3. The zero-order chi connectivity index (χ0) is 18.9. The van der Waals surface area contributed by atoms with Gasteiger partial charge >= 0.3 is 5.97 Å². The standard InChI is InChI=1S/C20H23NO5/c1-3-26-18-10-6-16(7-11-18)21-19(22)13-15(20(23)24)12-14-4-8-17(25-2)9-5-14/h4-11,15H,3,12-13H2,1-2H3,(H,21,22)(H,23,24)/t15-/m1/s1. The summed E-state index contributed by atoms with van der Waals surface area (Å²) in [4.78, 5) is 23.7. The van der Waals surface area contributed by atoms with E-state index in [2.05, 4.69) is 5.32 Å². The Labute approximate surface area is 152 Å². The molecule has 0 bridgehead atoms. The highest BCUT2D eigenvalue weighted by Gasteiger charge is 2.22. The Balaban J connectivity index is 1.95. The fourth-order valence-corrected chi connectivity index (χ4v) is 2.53. The van der Waals surface area contributed by atoms with Gasteiger partial charge in [0.15, 0.2) is 0 Å². The van der Waals surface area contributed by atoms with E-state index in [0.717, 1.165) is 5.56 Å². The number of carbonyl (C=O) groups excluding carboxylic acids is 1. The van der Waals surface area contributed by atoms with Gasteiger partial charge in [0.2, 0.25) is 5.91 Å². The van der Waals surface area contributed by atoms with Crippen molar-refractivity contribution in [3.8, 4) is 11.5 Å². The maximum absolute atomic E-state index is 12.2. The predicted octanol–water partition coefficient (Wildman–Crippen LogP) is 3.37. The Morgan fingerprint density at radius 2 is 1.65 bits per heavy atom. The molecular weight excluding hydrogens is 334 g/mol. The van der Waals surface area contributed by atoms with Crippen molar-refractivity contribution in [1.82, 2.24) is 0 Å². The van der Waals surface area contributed by atoms with Gasteiger partial charge in [-0.3, -0.25) is 9.59 Å². The molecule has 2 aromatic carbocycles. The average molecular weight is 357 g/mol. The monoisotopic (exact) mass is 357 g/mol. The van der Waals surface area contributed by atoms with E-state index in [0.29, 0.717) is 23.8 Å². The minimum Gasteiger partial charge on any atom is -0.497 e. The van der Waals surface area contributed by atoms with Crippen molar-refractivity contribution in [2.45, 2.75) is 19.8 Å². The maximum Gasteiger partial charge on any atom is 0.307 e. The van der Waals surface area contributed by atoms with Gasteiger partial charge in [-0.05, 0) is 55.3 Å². The molecule has 2 aromatic rings. The van der Waals surface area contributed by atoms with Crippen LogP contribution in [0.1, 0.15) is 18.9 Å². The van der Waals surface area contributed by atoms with Gasteiger partial charge in [0, 0.05) is 12.1 Å². The van der Waals surface area contributed by atoms with E-state index < -0.39 is 11.9 Å². The molecule has 138 valence electrons. The summed E-state index contributed by atoms with van der Waals surface area (Å²) in [5.41, 5.74) is 1.44. The molecule has 6 heteroatoms. The molecule has 0 saturated heterocycles. The Hall–Kier alpha value is -3.02. The summed E-state index contributed by atoms with van der Waals surface area (Å²) in [5, 5.41) is 12.1. The third-order valence-corrected chi connectivity index (χ3v) is 3.87. The summed E-state index contributed by atoms with van der Waals surface area (Å²) in [6, 6.07) is 14.1. The number of rotatable bonds is 9. The van der Waals surface area contributed by atoms with Crippen molar-refractivity contribution < 1.29 is 24.2 Å². The fourth-order valence-electron chi connectivity index (χ4n) is 2.53. The minimum atomic E-state index is -0.998. The number of ether oxygens (including phenoxy) is 2. The number of aliphatic carboxylic acids is 1. The van der Waals surface area contributed by atoms with Gasteiger partial charge in [-0.2, -0.15) is 0 Å². The highest BCUT2D eigenvalue weighted by molar-refractivity contribution is 5.93. The lowest BCUT2D eigenvalue weighted by atomic mass is 9.96. The van der Waals surface area contributed by atoms with E-state index in [1.165, 1.54) is 0 Å². The first-order chi connectivity index (χ1) is 12.5. The van der Waals surface area contributed by atoms with E-state index >= 15 is 0 Å². The summed E-state index contributed by atoms with van der Waals surface area (Å²) >= 11 is 0. The third-order valence-electron chi connectivity index (χ3n) is 3.87. The number of anilines is 1. The molecule has 0 fully saturated rings. The lowest BCUT2D eigenvalue weighted by Crippen LogP contribution is -2.24. The first-order valence-corrected chi connectivity index (χ1v) is 8.40. The molecule has 26 heavy (non-hydrogen) atoms. The van der Waals surface area contributed by atoms with E-state index in [4.69, 9.17) is 9.47 Å². The second-order valence-electron chi connectivity index (χ2n) is 5.80. The molecule has 2 N–H and O–H groups in total. The van der Waals surface area contributed by atoms with Gasteiger partial charge in [0.1, 0.15) is 11.5 Å². The molecule has 0 spiro atoms. The van der Waals surface area contributed by atoms with Crippen LogP contribution in [0.15, 0.2) is 48.5 Å². The van der Waals surface area contributed by atoms with Crippen LogP contribution < -0.4 is 14.8 Å². The summed E-state index contributed by atoms with van der Waals surface area (Å²) in [6.07, 6.45) is 0.171. The van der Waals surface area contributed by atoms with Gasteiger partial charge in [-0.25, -0.2) is 0 Å². The van der Waals surface area contributed by atoms with Crippen LogP contribution in [-0.2, 0) is 16.0 Å². The summed E-state index contributed by atoms with van der Waals surface area (Å²) < 4.78 is 10.4. The maximum atomic E-state index is 12.2. The molecule has 6 nitrogen and oxygen atoms in total. The number of carboxylic acid groups (broad SMARTS) is 1. The number of hydrogen-bond donors (Lipinski definition) is 2. The normalized spacial score (nSPS) is 11.5.